The zero-order valence-electron chi connectivity index (χ0n) is 13.1. The van der Waals surface area contributed by atoms with Crippen molar-refractivity contribution in [1.82, 2.24) is 9.88 Å². The largest absolute Gasteiger partial charge is 0.317 e. The summed E-state index contributed by atoms with van der Waals surface area (Å²) in [5.74, 6) is 0.833. The third-order valence-electron chi connectivity index (χ3n) is 3.09. The average molecular weight is 402 g/mol. The number of amides is 1. The van der Waals surface area contributed by atoms with Gasteiger partial charge in [-0.3, -0.25) is 9.78 Å². The third-order valence-corrected chi connectivity index (χ3v) is 5.04. The van der Waals surface area contributed by atoms with Gasteiger partial charge in [0.1, 0.15) is 9.65 Å². The van der Waals surface area contributed by atoms with E-state index in [9.17, 15) is 4.79 Å². The molecule has 0 aliphatic rings. The van der Waals surface area contributed by atoms with Gasteiger partial charge in [0.2, 0.25) is 5.91 Å². The molecule has 0 aliphatic carbocycles. The van der Waals surface area contributed by atoms with Crippen molar-refractivity contribution in [2.45, 2.75) is 13.8 Å². The number of pyridine rings is 1. The fraction of sp³-hybridized carbons (Fsp3) is 0.400. The minimum Gasteiger partial charge on any atom is -0.317 e. The van der Waals surface area contributed by atoms with E-state index in [0.717, 1.165) is 17.0 Å². The molecule has 120 valence electrons. The van der Waals surface area contributed by atoms with Gasteiger partial charge in [-0.25, -0.2) is 4.99 Å². The van der Waals surface area contributed by atoms with E-state index in [2.05, 4.69) is 38.5 Å². The van der Waals surface area contributed by atoms with Gasteiger partial charge in [0.25, 0.3) is 0 Å². The molecule has 1 aromatic rings. The Balaban J connectivity index is 2.94. The van der Waals surface area contributed by atoms with Crippen molar-refractivity contribution in [3.05, 3.63) is 40.4 Å². The highest BCUT2D eigenvalue weighted by molar-refractivity contribution is 9.11. The first-order valence-electron chi connectivity index (χ1n) is 6.69. The summed E-state index contributed by atoms with van der Waals surface area (Å²) in [5, 5.41) is 0.539. The molecule has 1 atom stereocenters. The first-order valence-corrected chi connectivity index (χ1v) is 9.32. The van der Waals surface area contributed by atoms with E-state index >= 15 is 0 Å². The minimum absolute atomic E-state index is 0.0342. The van der Waals surface area contributed by atoms with Gasteiger partial charge in [0.05, 0.1) is 5.70 Å². The molecule has 0 saturated heterocycles. The summed E-state index contributed by atoms with van der Waals surface area (Å²) in [6, 6.07) is 3.70. The number of nitrogens with zero attached hydrogens (tertiary/aromatic N) is 3. The summed E-state index contributed by atoms with van der Waals surface area (Å²) >= 11 is 9.47. The van der Waals surface area contributed by atoms with Crippen LogP contribution in [0.1, 0.15) is 19.4 Å². The Morgan fingerprint density at radius 2 is 2.27 bits per heavy atom. The van der Waals surface area contributed by atoms with Crippen LogP contribution in [-0.2, 0) is 4.79 Å². The summed E-state index contributed by atoms with van der Waals surface area (Å²) in [6.07, 6.45) is 5.38. The molecule has 7 heteroatoms. The van der Waals surface area contributed by atoms with Crippen molar-refractivity contribution in [3.63, 3.8) is 0 Å². The van der Waals surface area contributed by atoms with Crippen LogP contribution in [0, 0.1) is 5.92 Å². The van der Waals surface area contributed by atoms with Crippen LogP contribution in [0.25, 0.3) is 0 Å². The second-order valence-corrected chi connectivity index (χ2v) is 6.89. The second-order valence-electron chi connectivity index (χ2n) is 4.81. The number of allylic oxidation sites excluding steroid dienone is 1. The molecule has 1 aromatic heterocycles. The molecule has 0 aliphatic heterocycles. The molecule has 22 heavy (non-hydrogen) atoms. The minimum atomic E-state index is -0.0342. The number of aliphatic imine (C=N–C) groups is 1. The Labute approximate surface area is 150 Å². The number of aromatic nitrogens is 1. The highest BCUT2D eigenvalue weighted by Crippen LogP contribution is 2.20. The number of thioether (sulfide) groups is 1. The summed E-state index contributed by atoms with van der Waals surface area (Å²) in [4.78, 5) is 22.4. The van der Waals surface area contributed by atoms with Crippen LogP contribution in [0.4, 0.5) is 0 Å². The number of thiol groups is 1. The molecular formula is C15H20BrN3OS2. The van der Waals surface area contributed by atoms with Crippen molar-refractivity contribution < 1.29 is 4.79 Å². The molecule has 1 amide bonds. The molecule has 0 radical (unpaired) electrons. The Bertz CT molecular complexity index is 575. The molecule has 1 rings (SSSR count). The highest BCUT2D eigenvalue weighted by Gasteiger charge is 2.19. The molecule has 0 fully saturated rings. The predicted octanol–water partition coefficient (Wildman–Crippen LogP) is 3.80. The van der Waals surface area contributed by atoms with Gasteiger partial charge in [0.15, 0.2) is 0 Å². The maximum atomic E-state index is 12.3. The fourth-order valence-corrected chi connectivity index (χ4v) is 3.14. The van der Waals surface area contributed by atoms with E-state index in [1.165, 1.54) is 0 Å². The first-order chi connectivity index (χ1) is 10.4. The van der Waals surface area contributed by atoms with Crippen molar-refractivity contribution in [3.8, 4) is 0 Å². The van der Waals surface area contributed by atoms with E-state index in [-0.39, 0.29) is 11.8 Å². The van der Waals surface area contributed by atoms with Gasteiger partial charge < -0.3 is 4.90 Å². The zero-order valence-corrected chi connectivity index (χ0v) is 16.4. The normalized spacial score (nSPS) is 14.4. The number of carbonyl (C=O) groups excluding carboxylic acids is 1. The lowest BCUT2D eigenvalue weighted by atomic mass is 10.2. The topological polar surface area (TPSA) is 45.6 Å². The number of rotatable bonds is 6. The fourth-order valence-electron chi connectivity index (χ4n) is 1.69. The zero-order chi connectivity index (χ0) is 16.7. The van der Waals surface area contributed by atoms with E-state index < -0.39 is 0 Å². The second kappa shape index (κ2) is 9.37. The van der Waals surface area contributed by atoms with Crippen molar-refractivity contribution in [2.75, 3.05) is 19.1 Å². The average Bonchev–Trinajstić information content (AvgIpc) is 2.53. The molecule has 0 saturated carbocycles. The van der Waals surface area contributed by atoms with E-state index in [1.54, 1.807) is 36.1 Å². The van der Waals surface area contributed by atoms with Crippen molar-refractivity contribution in [2.24, 2.45) is 10.9 Å². The van der Waals surface area contributed by atoms with Crippen molar-refractivity contribution >= 4 is 51.3 Å². The number of hydrogen-bond acceptors (Lipinski definition) is 4. The number of carbonyl (C=O) groups is 1. The van der Waals surface area contributed by atoms with E-state index in [1.807, 2.05) is 32.2 Å². The van der Waals surface area contributed by atoms with Gasteiger partial charge in [-0.2, -0.15) is 11.8 Å². The van der Waals surface area contributed by atoms with Crippen LogP contribution in [-0.4, -0.2) is 39.9 Å². The molecule has 1 heterocycles. The van der Waals surface area contributed by atoms with Crippen LogP contribution in [0.5, 0.6) is 0 Å². The van der Waals surface area contributed by atoms with Crippen molar-refractivity contribution in [1.29, 1.82) is 0 Å². The molecular weight excluding hydrogens is 382 g/mol. The monoisotopic (exact) mass is 401 g/mol. The van der Waals surface area contributed by atoms with Gasteiger partial charge in [-0.05, 0) is 41.2 Å². The Kier molecular flexibility index (Phi) is 8.20. The van der Waals surface area contributed by atoms with Crippen LogP contribution in [0.3, 0.4) is 0 Å². The summed E-state index contributed by atoms with van der Waals surface area (Å²) in [5.41, 5.74) is 1.56. The standard InChI is InChI=1S/C15H20BrN3OS2/c1-10(9-22-4)15(20)19(3)11(2)13(16)18-14(21)12-6-5-7-17-8-12/h5-8,10H,9H2,1-4H3,(H,18,21)/b13-11+. The highest BCUT2D eigenvalue weighted by atomic mass is 79.9. The lowest BCUT2D eigenvalue weighted by molar-refractivity contribution is -0.131. The Morgan fingerprint density at radius 1 is 1.59 bits per heavy atom. The van der Waals surface area contributed by atoms with Gasteiger partial charge in [-0.15, -0.1) is 12.6 Å². The maximum absolute atomic E-state index is 12.3. The predicted molar refractivity (Wildman–Crippen MR) is 102 cm³/mol. The van der Waals surface area contributed by atoms with E-state index in [4.69, 9.17) is 0 Å². The van der Waals surface area contributed by atoms with Crippen LogP contribution < -0.4 is 0 Å². The molecule has 0 N–H and O–H groups in total. The van der Waals surface area contributed by atoms with Gasteiger partial charge >= 0.3 is 0 Å². The van der Waals surface area contributed by atoms with Crippen LogP contribution in [0.2, 0.25) is 0 Å². The number of hydrogen-bond donors (Lipinski definition) is 1. The smallest absolute Gasteiger partial charge is 0.230 e. The molecule has 0 spiro atoms. The quantitative estimate of drug-likeness (QED) is 0.341. The van der Waals surface area contributed by atoms with Gasteiger partial charge in [-0.1, -0.05) is 6.92 Å². The van der Waals surface area contributed by atoms with Crippen LogP contribution in [0.15, 0.2) is 39.8 Å². The lowest BCUT2D eigenvalue weighted by Crippen LogP contribution is -2.31. The SMILES string of the molecule is CSCC(C)C(=O)N(C)/C(C)=C(Br)/N=C(\S)c1cccnc1. The maximum Gasteiger partial charge on any atom is 0.230 e. The molecule has 0 aromatic carbocycles. The molecule has 0 bridgehead atoms. The first kappa shape index (κ1) is 19.3. The third kappa shape index (κ3) is 5.44. The lowest BCUT2D eigenvalue weighted by Gasteiger charge is -2.22. The molecule has 4 nitrogen and oxygen atoms in total. The van der Waals surface area contributed by atoms with Gasteiger partial charge in [0, 0.05) is 36.7 Å². The van der Waals surface area contributed by atoms with Crippen LogP contribution >= 0.6 is 40.3 Å². The Morgan fingerprint density at radius 3 is 2.82 bits per heavy atom. The molecule has 1 unspecified atom stereocenters. The number of halogens is 1. The Hall–Kier alpha value is -0.790. The van der Waals surface area contributed by atoms with E-state index in [0.29, 0.717) is 9.65 Å². The summed E-state index contributed by atoms with van der Waals surface area (Å²) < 4.78 is 0.577. The summed E-state index contributed by atoms with van der Waals surface area (Å²) in [7, 11) is 1.76. The summed E-state index contributed by atoms with van der Waals surface area (Å²) in [6.45, 7) is 3.78.